The molecule has 0 aliphatic carbocycles. The van der Waals surface area contributed by atoms with Crippen LogP contribution in [0, 0.1) is 6.92 Å². The van der Waals surface area contributed by atoms with Gasteiger partial charge in [-0.05, 0) is 97.0 Å². The third-order valence-corrected chi connectivity index (χ3v) is 8.81. The Morgan fingerprint density at radius 1 is 0.857 bits per heavy atom. The van der Waals surface area contributed by atoms with E-state index in [1.54, 1.807) is 0 Å². The Kier molecular flexibility index (Phi) is 21.1. The lowest BCUT2D eigenvalue weighted by atomic mass is 10.1. The van der Waals surface area contributed by atoms with E-state index in [0.29, 0.717) is 38.7 Å². The molecule has 0 amide bonds. The summed E-state index contributed by atoms with van der Waals surface area (Å²) in [5.74, 6) is 1.50. The molecule has 0 radical (unpaired) electrons. The number of anilines is 1. The monoisotopic (exact) mass is 675 g/mol. The van der Waals surface area contributed by atoms with Crippen LogP contribution < -0.4 is 14.4 Å². The highest BCUT2D eigenvalue weighted by Crippen LogP contribution is 2.43. The maximum Gasteiger partial charge on any atom is 0.150 e. The maximum atomic E-state index is 6.43. The highest BCUT2D eigenvalue weighted by Gasteiger charge is 2.21. The summed E-state index contributed by atoms with van der Waals surface area (Å²) in [5, 5.41) is 0. The molecular weight excluding hydrogens is 608 g/mol. The van der Waals surface area contributed by atoms with Crippen molar-refractivity contribution in [1.82, 2.24) is 9.80 Å². The second-order valence-corrected chi connectivity index (χ2v) is 12.7. The van der Waals surface area contributed by atoms with Crippen LogP contribution in [-0.4, -0.2) is 94.8 Å². The number of unbranched alkanes of at least 4 members (excludes halogenated alkanes) is 1. The summed E-state index contributed by atoms with van der Waals surface area (Å²) in [5.41, 5.74) is 5.37. The molecule has 272 valence electrons. The van der Waals surface area contributed by atoms with Crippen molar-refractivity contribution in [3.63, 3.8) is 0 Å². The zero-order valence-electron chi connectivity index (χ0n) is 31.9. The summed E-state index contributed by atoms with van der Waals surface area (Å²) in [4.78, 5) is 11.7. The molecule has 2 aromatic rings. The van der Waals surface area contributed by atoms with Crippen LogP contribution in [0.5, 0.6) is 11.5 Å². The molecule has 0 saturated carbocycles. The first-order valence-corrected chi connectivity index (χ1v) is 18.5. The molecule has 0 bridgehead atoms. The van der Waals surface area contributed by atoms with Crippen LogP contribution in [0.1, 0.15) is 71.9 Å². The summed E-state index contributed by atoms with van der Waals surface area (Å²) < 4.78 is 18.7. The zero-order chi connectivity index (χ0) is 35.9. The maximum absolute atomic E-state index is 6.43. The Morgan fingerprint density at radius 2 is 1.51 bits per heavy atom. The average Bonchev–Trinajstić information content (AvgIpc) is 3.10. The molecule has 0 spiro atoms. The van der Waals surface area contributed by atoms with Gasteiger partial charge >= 0.3 is 0 Å². The number of nitrogens with zero attached hydrogens (tertiary/aromatic N) is 4. The third-order valence-electron chi connectivity index (χ3n) is 8.81. The van der Waals surface area contributed by atoms with E-state index >= 15 is 0 Å². The third kappa shape index (κ3) is 15.8. The highest BCUT2D eigenvalue weighted by atomic mass is 16.5. The normalized spacial score (nSPS) is 12.0. The standard InChI is InChI=1S/C42H66N4O3/c1-10-19-38(20-17-28-47-31-25-37-23-21-36(8)22-24-37)34-46(35(6)7)40-32-39(48-30-18-27-45(13-4)14-5)33-41(42(40)43-9)49-29-16-15-26-44(11-2)12-3/h10,17,19-24,32-33,35H,1,9,11-16,18,25-31,34H2,2-8H3/b20-17-,38-19+. The van der Waals surface area contributed by atoms with Crippen LogP contribution in [0.25, 0.3) is 0 Å². The number of allylic oxidation sites excluding steroid dienone is 2. The summed E-state index contributed by atoms with van der Waals surface area (Å²) in [7, 11) is 0. The van der Waals surface area contributed by atoms with E-state index in [4.69, 9.17) is 14.2 Å². The van der Waals surface area contributed by atoms with Crippen molar-refractivity contribution in [1.29, 1.82) is 0 Å². The van der Waals surface area contributed by atoms with E-state index in [0.717, 1.165) is 87.6 Å². The quantitative estimate of drug-likeness (QED) is 0.0536. The second-order valence-electron chi connectivity index (χ2n) is 12.7. The first kappa shape index (κ1) is 41.8. The van der Waals surface area contributed by atoms with E-state index < -0.39 is 0 Å². The number of aliphatic imine (C=N–C) groups is 1. The molecule has 7 heteroatoms. The Balaban J connectivity index is 2.23. The fourth-order valence-electron chi connectivity index (χ4n) is 5.67. The van der Waals surface area contributed by atoms with Crippen molar-refractivity contribution >= 4 is 18.1 Å². The van der Waals surface area contributed by atoms with Crippen LogP contribution in [0.3, 0.4) is 0 Å². The first-order valence-electron chi connectivity index (χ1n) is 18.5. The molecule has 0 atom stereocenters. The van der Waals surface area contributed by atoms with E-state index in [2.05, 4.69) is 130 Å². The van der Waals surface area contributed by atoms with Crippen LogP contribution >= 0.6 is 0 Å². The SMILES string of the molecule is C=C/C=C(\C=C/COCCc1ccc(C)cc1)CN(c1cc(OCCCN(CC)CC)cc(OCCCCN(CC)CC)c1N=C)C(C)C. The van der Waals surface area contributed by atoms with E-state index in [-0.39, 0.29) is 6.04 Å². The van der Waals surface area contributed by atoms with Gasteiger partial charge in [-0.3, -0.25) is 4.99 Å². The smallest absolute Gasteiger partial charge is 0.150 e. The fraction of sp³-hybridized carbons (Fsp3) is 0.548. The molecule has 0 saturated heterocycles. The van der Waals surface area contributed by atoms with Gasteiger partial charge in [0.15, 0.2) is 5.75 Å². The number of rotatable bonds is 27. The van der Waals surface area contributed by atoms with Gasteiger partial charge in [0, 0.05) is 31.3 Å². The molecule has 49 heavy (non-hydrogen) atoms. The lowest BCUT2D eigenvalue weighted by Gasteiger charge is -2.31. The summed E-state index contributed by atoms with van der Waals surface area (Å²) in [6, 6.07) is 12.9. The minimum atomic E-state index is 0.174. The molecule has 0 fully saturated rings. The van der Waals surface area contributed by atoms with Gasteiger partial charge in [-0.15, -0.1) is 0 Å². The van der Waals surface area contributed by atoms with E-state index in [1.807, 2.05) is 12.1 Å². The van der Waals surface area contributed by atoms with Gasteiger partial charge in [-0.25, -0.2) is 0 Å². The fourth-order valence-corrected chi connectivity index (χ4v) is 5.67. The molecule has 0 heterocycles. The van der Waals surface area contributed by atoms with Gasteiger partial charge in [0.25, 0.3) is 0 Å². The van der Waals surface area contributed by atoms with Crippen molar-refractivity contribution in [3.8, 4) is 11.5 Å². The van der Waals surface area contributed by atoms with Crippen molar-refractivity contribution < 1.29 is 14.2 Å². The largest absolute Gasteiger partial charge is 0.493 e. The molecule has 0 N–H and O–H groups in total. The molecule has 0 aromatic heterocycles. The minimum Gasteiger partial charge on any atom is -0.493 e. The molecule has 2 aromatic carbocycles. The second kappa shape index (κ2) is 24.7. The topological polar surface area (TPSA) is 49.8 Å². The van der Waals surface area contributed by atoms with Gasteiger partial charge < -0.3 is 28.9 Å². The Morgan fingerprint density at radius 3 is 2.12 bits per heavy atom. The van der Waals surface area contributed by atoms with Crippen molar-refractivity contribution in [2.45, 2.75) is 80.2 Å². The zero-order valence-corrected chi connectivity index (χ0v) is 31.9. The Labute approximate surface area is 299 Å². The molecule has 0 aliphatic rings. The van der Waals surface area contributed by atoms with E-state index in [9.17, 15) is 0 Å². The summed E-state index contributed by atoms with van der Waals surface area (Å²) in [6.45, 7) is 32.8. The number of hydrogen-bond acceptors (Lipinski definition) is 7. The van der Waals surface area contributed by atoms with Crippen LogP contribution in [-0.2, 0) is 11.2 Å². The van der Waals surface area contributed by atoms with Gasteiger partial charge in [0.05, 0.1) is 32.1 Å². The van der Waals surface area contributed by atoms with Gasteiger partial charge in [0.1, 0.15) is 11.4 Å². The van der Waals surface area contributed by atoms with Crippen molar-refractivity contribution in [3.05, 3.63) is 84.0 Å². The summed E-state index contributed by atoms with van der Waals surface area (Å²) >= 11 is 0. The van der Waals surface area contributed by atoms with Gasteiger partial charge in [0.2, 0.25) is 0 Å². The van der Waals surface area contributed by atoms with Gasteiger partial charge in [-0.2, -0.15) is 0 Å². The average molecular weight is 675 g/mol. The van der Waals surface area contributed by atoms with E-state index in [1.165, 1.54) is 11.1 Å². The Hall–Kier alpha value is -3.39. The molecule has 7 nitrogen and oxygen atoms in total. The number of benzene rings is 2. The van der Waals surface area contributed by atoms with Crippen LogP contribution in [0.2, 0.25) is 0 Å². The highest BCUT2D eigenvalue weighted by molar-refractivity contribution is 5.78. The van der Waals surface area contributed by atoms with Crippen molar-refractivity contribution in [2.24, 2.45) is 4.99 Å². The lowest BCUT2D eigenvalue weighted by molar-refractivity contribution is 0.166. The lowest BCUT2D eigenvalue weighted by Crippen LogP contribution is -2.32. The van der Waals surface area contributed by atoms with Crippen LogP contribution in [0.15, 0.2) is 77.8 Å². The predicted octanol–water partition coefficient (Wildman–Crippen LogP) is 9.08. The van der Waals surface area contributed by atoms with Crippen molar-refractivity contribution in [2.75, 3.05) is 77.1 Å². The molecule has 0 unspecified atom stereocenters. The predicted molar refractivity (Wildman–Crippen MR) is 212 cm³/mol. The van der Waals surface area contributed by atoms with Crippen LogP contribution in [0.4, 0.5) is 11.4 Å². The number of ether oxygens (including phenoxy) is 3. The Bertz CT molecular complexity index is 1260. The minimum absolute atomic E-state index is 0.174. The molecule has 2 rings (SSSR count). The number of aryl methyl sites for hydroxylation is 1. The number of hydrogen-bond donors (Lipinski definition) is 0. The first-order chi connectivity index (χ1) is 23.8. The molecular formula is C42H66N4O3. The molecule has 0 aliphatic heterocycles. The summed E-state index contributed by atoms with van der Waals surface area (Å²) in [6.07, 6.45) is 12.0. The van der Waals surface area contributed by atoms with Gasteiger partial charge in [-0.1, -0.05) is 88.4 Å².